The van der Waals surface area contributed by atoms with Crippen molar-refractivity contribution < 1.29 is 23.0 Å². The lowest BCUT2D eigenvalue weighted by Crippen LogP contribution is -2.37. The second-order valence-corrected chi connectivity index (χ2v) is 14.1. The number of rotatable bonds is 12. The zero-order valence-corrected chi connectivity index (χ0v) is 26.5. The van der Waals surface area contributed by atoms with E-state index in [9.17, 15) is 28.6 Å². The summed E-state index contributed by atoms with van der Waals surface area (Å²) in [7, 11) is -2.84. The molecule has 0 bridgehead atoms. The van der Waals surface area contributed by atoms with Gasteiger partial charge in [-0.05, 0) is 72.5 Å². The Morgan fingerprint density at radius 1 is 0.744 bits per heavy atom. The van der Waals surface area contributed by atoms with Gasteiger partial charge in [-0.15, -0.1) is 0 Å². The van der Waals surface area contributed by atoms with Crippen LogP contribution in [0.4, 0.5) is 0 Å². The van der Waals surface area contributed by atoms with Crippen LogP contribution in [0.15, 0.2) is 94.8 Å². The van der Waals surface area contributed by atoms with E-state index in [1.54, 1.807) is 48.5 Å². The fourth-order valence-corrected chi connectivity index (χ4v) is 7.85. The third kappa shape index (κ3) is 6.76. The standard InChI is InChI=1S/C30H30Cl2N2O7S2/c1-3-17-42(39)27-11-7-5-9-23(27)25-19-21(13-15-29(25,31)33(35)36)41-22-14-16-30(32,34(37)38)26(20-22)24-10-6-8-12-28(24)43(40)18-4-2/h5-16,19-22H,3-4,17-18H2,1-2H3. The molecule has 2 aliphatic carbocycles. The van der Waals surface area contributed by atoms with Crippen LogP contribution in [0.5, 0.6) is 0 Å². The minimum Gasteiger partial charge on any atom is -0.359 e. The molecule has 6 atom stereocenters. The largest absolute Gasteiger partial charge is 0.359 e. The summed E-state index contributed by atoms with van der Waals surface area (Å²) in [6.07, 6.45) is 7.93. The summed E-state index contributed by atoms with van der Waals surface area (Å²) in [4.78, 5) is 19.7. The fourth-order valence-electron chi connectivity index (χ4n) is 4.89. The molecule has 0 aromatic heterocycles. The highest BCUT2D eigenvalue weighted by Gasteiger charge is 2.48. The first-order valence-corrected chi connectivity index (χ1v) is 17.0. The van der Waals surface area contributed by atoms with Crippen LogP contribution in [0.3, 0.4) is 0 Å². The molecule has 6 unspecified atom stereocenters. The van der Waals surface area contributed by atoms with Crippen LogP contribution in [0.2, 0.25) is 0 Å². The maximum atomic E-state index is 13.0. The average Bonchev–Trinajstić information content (AvgIpc) is 2.99. The van der Waals surface area contributed by atoms with E-state index in [1.165, 1.54) is 36.5 Å². The number of alkyl halides is 2. The van der Waals surface area contributed by atoms with Gasteiger partial charge in [-0.1, -0.05) is 50.2 Å². The van der Waals surface area contributed by atoms with Crippen molar-refractivity contribution in [1.29, 1.82) is 0 Å². The van der Waals surface area contributed by atoms with Gasteiger partial charge in [0.05, 0.1) is 54.8 Å². The van der Waals surface area contributed by atoms with Gasteiger partial charge >= 0.3 is 10.00 Å². The molecule has 0 amide bonds. The van der Waals surface area contributed by atoms with Crippen molar-refractivity contribution in [3.05, 3.63) is 116 Å². The zero-order valence-electron chi connectivity index (χ0n) is 23.4. The van der Waals surface area contributed by atoms with Gasteiger partial charge in [0.15, 0.2) is 0 Å². The predicted molar refractivity (Wildman–Crippen MR) is 170 cm³/mol. The fraction of sp³-hybridized carbons (Fsp3) is 0.333. The van der Waals surface area contributed by atoms with Gasteiger partial charge < -0.3 is 4.74 Å². The normalized spacial score (nSPS) is 26.3. The lowest BCUT2D eigenvalue weighted by atomic mass is 9.91. The number of hydrogen-bond acceptors (Lipinski definition) is 7. The monoisotopic (exact) mass is 664 g/mol. The number of halogens is 2. The second kappa shape index (κ2) is 13.8. The summed E-state index contributed by atoms with van der Waals surface area (Å²) < 4.78 is 32.2. The average molecular weight is 666 g/mol. The van der Waals surface area contributed by atoms with Gasteiger partial charge in [-0.2, -0.15) is 0 Å². The molecule has 0 spiro atoms. The first kappa shape index (κ1) is 32.9. The molecule has 9 nitrogen and oxygen atoms in total. The van der Waals surface area contributed by atoms with Crippen LogP contribution in [-0.4, -0.2) is 52.0 Å². The Morgan fingerprint density at radius 2 is 1.12 bits per heavy atom. The Kier molecular flexibility index (Phi) is 10.6. The number of benzene rings is 2. The minimum absolute atomic E-state index is 0.105. The van der Waals surface area contributed by atoms with Crippen LogP contribution in [0, 0.1) is 20.2 Å². The van der Waals surface area contributed by atoms with Gasteiger partial charge in [-0.25, -0.2) is 0 Å². The van der Waals surface area contributed by atoms with Gasteiger partial charge in [0.25, 0.3) is 0 Å². The molecular weight excluding hydrogens is 635 g/mol. The first-order chi connectivity index (χ1) is 20.5. The van der Waals surface area contributed by atoms with Crippen LogP contribution in [0.1, 0.15) is 37.8 Å². The van der Waals surface area contributed by atoms with E-state index in [4.69, 9.17) is 27.9 Å². The molecule has 2 aliphatic rings. The Labute approximate surface area is 264 Å². The van der Waals surface area contributed by atoms with Gasteiger partial charge in [0.2, 0.25) is 0 Å². The molecule has 43 heavy (non-hydrogen) atoms. The maximum absolute atomic E-state index is 13.0. The molecule has 0 fully saturated rings. The van der Waals surface area contributed by atoms with E-state index in [-0.39, 0.29) is 11.1 Å². The molecule has 0 saturated carbocycles. The number of nitro groups is 2. The smallest absolute Gasteiger partial charge is 0.339 e. The summed E-state index contributed by atoms with van der Waals surface area (Å²) in [6, 6.07) is 13.4. The van der Waals surface area contributed by atoms with Gasteiger partial charge in [0.1, 0.15) is 0 Å². The van der Waals surface area contributed by atoms with E-state index >= 15 is 0 Å². The van der Waals surface area contributed by atoms with Crippen molar-refractivity contribution >= 4 is 55.9 Å². The van der Waals surface area contributed by atoms with Crippen molar-refractivity contribution in [2.24, 2.45) is 0 Å². The lowest BCUT2D eigenvalue weighted by molar-refractivity contribution is -0.511. The summed E-state index contributed by atoms with van der Waals surface area (Å²) in [5.74, 6) is 0.741. The van der Waals surface area contributed by atoms with Crippen molar-refractivity contribution in [3.8, 4) is 0 Å². The topological polar surface area (TPSA) is 130 Å². The van der Waals surface area contributed by atoms with Crippen LogP contribution < -0.4 is 0 Å². The second-order valence-electron chi connectivity index (χ2n) is 9.90. The third-order valence-electron chi connectivity index (χ3n) is 6.90. The Morgan fingerprint density at radius 3 is 1.47 bits per heavy atom. The predicted octanol–water partition coefficient (Wildman–Crippen LogP) is 6.51. The number of nitrogens with zero attached hydrogens (tertiary/aromatic N) is 2. The zero-order chi connectivity index (χ0) is 31.4. The molecule has 0 saturated heterocycles. The SMILES string of the molecule is CCCS(=O)c1ccccc1C1=CC(OC2C=CC(Cl)([N+](=O)[O-])C(c3ccccc3S(=O)CCC)=C2)C=CC1(Cl)[N+](=O)[O-]. The molecular formula is C30H30Cl2N2O7S2. The molecule has 0 heterocycles. The lowest BCUT2D eigenvalue weighted by Gasteiger charge is -2.29. The molecule has 228 valence electrons. The summed E-state index contributed by atoms with van der Waals surface area (Å²) in [5, 5.41) is 24.3. The van der Waals surface area contributed by atoms with Crippen molar-refractivity contribution in [2.75, 3.05) is 11.5 Å². The van der Waals surface area contributed by atoms with E-state index in [0.717, 1.165) is 0 Å². The van der Waals surface area contributed by atoms with Gasteiger partial charge in [0, 0.05) is 44.6 Å². The molecule has 0 N–H and O–H groups in total. The highest BCUT2D eigenvalue weighted by molar-refractivity contribution is 7.85. The Bertz CT molecular complexity index is 1480. The van der Waals surface area contributed by atoms with E-state index in [2.05, 4.69) is 0 Å². The van der Waals surface area contributed by atoms with Gasteiger partial charge in [-0.3, -0.25) is 28.6 Å². The Hall–Kier alpha value is -2.96. The number of hydrogen-bond donors (Lipinski definition) is 0. The van der Waals surface area contributed by atoms with Crippen molar-refractivity contribution in [1.82, 2.24) is 0 Å². The minimum atomic E-state index is -2.13. The van der Waals surface area contributed by atoms with Crippen molar-refractivity contribution in [3.63, 3.8) is 0 Å². The molecule has 13 heteroatoms. The summed E-state index contributed by atoms with van der Waals surface area (Å²) >= 11 is 13.1. The van der Waals surface area contributed by atoms with Crippen LogP contribution in [-0.2, 0) is 26.3 Å². The quantitative estimate of drug-likeness (QED) is 0.0832. The van der Waals surface area contributed by atoms with E-state index < -0.39 is 53.6 Å². The summed E-state index contributed by atoms with van der Waals surface area (Å²) in [5.41, 5.74) is 0.950. The molecule has 4 rings (SSSR count). The highest BCUT2D eigenvalue weighted by Crippen LogP contribution is 2.43. The first-order valence-electron chi connectivity index (χ1n) is 13.6. The molecule has 0 radical (unpaired) electrons. The van der Waals surface area contributed by atoms with E-state index in [1.807, 2.05) is 13.8 Å². The maximum Gasteiger partial charge on any atom is 0.339 e. The van der Waals surface area contributed by atoms with E-state index in [0.29, 0.717) is 45.3 Å². The molecule has 0 aliphatic heterocycles. The number of ether oxygens (including phenoxy) is 1. The van der Waals surface area contributed by atoms with Crippen molar-refractivity contribution in [2.45, 2.75) is 58.7 Å². The van der Waals surface area contributed by atoms with Crippen LogP contribution >= 0.6 is 23.2 Å². The molecule has 2 aromatic rings. The summed E-state index contributed by atoms with van der Waals surface area (Å²) in [6.45, 7) is 3.79. The van der Waals surface area contributed by atoms with Crippen LogP contribution in [0.25, 0.3) is 11.1 Å². The molecule has 2 aromatic carbocycles. The Balaban J connectivity index is 1.77. The highest BCUT2D eigenvalue weighted by atomic mass is 35.5. The third-order valence-corrected chi connectivity index (χ3v) is 11.1.